The molecule has 6 rings (SSSR count). The van der Waals surface area contributed by atoms with Crippen molar-refractivity contribution in [3.63, 3.8) is 0 Å². The second-order valence-corrected chi connectivity index (χ2v) is 12.3. The number of fused-ring (bicyclic) bond motifs is 1. The van der Waals surface area contributed by atoms with Crippen LogP contribution in [0.2, 0.25) is 0 Å². The van der Waals surface area contributed by atoms with Crippen LogP contribution >= 0.6 is 0 Å². The van der Waals surface area contributed by atoms with Gasteiger partial charge in [0.2, 0.25) is 0 Å². The maximum atomic E-state index is 4.32. The molecule has 4 aromatic rings. The molecule has 4 aromatic carbocycles. The fourth-order valence-corrected chi connectivity index (χ4v) is 6.82. The van der Waals surface area contributed by atoms with Gasteiger partial charge in [0.15, 0.2) is 0 Å². The zero-order chi connectivity index (χ0) is 33.3. The van der Waals surface area contributed by atoms with Crippen molar-refractivity contribution in [3.05, 3.63) is 174 Å². The second-order valence-electron chi connectivity index (χ2n) is 12.3. The van der Waals surface area contributed by atoms with Crippen LogP contribution in [0, 0.1) is 17.8 Å². The van der Waals surface area contributed by atoms with E-state index in [1.54, 1.807) is 0 Å². The summed E-state index contributed by atoms with van der Waals surface area (Å²) < 4.78 is 0. The van der Waals surface area contributed by atoms with Crippen LogP contribution in [0.3, 0.4) is 0 Å². The maximum absolute atomic E-state index is 4.32. The Labute approximate surface area is 287 Å². The lowest BCUT2D eigenvalue weighted by atomic mass is 9.82. The van der Waals surface area contributed by atoms with Crippen LogP contribution in [0.25, 0.3) is 50.8 Å². The number of hydrogen-bond donors (Lipinski definition) is 0. The molecular weight excluding hydrogens is 577 g/mol. The summed E-state index contributed by atoms with van der Waals surface area (Å²) in [5.74, 6) is 7.12. The van der Waals surface area contributed by atoms with E-state index in [4.69, 9.17) is 0 Å². The summed E-state index contributed by atoms with van der Waals surface area (Å²) in [7, 11) is 0. The van der Waals surface area contributed by atoms with Crippen LogP contribution in [-0.2, 0) is 0 Å². The summed E-state index contributed by atoms with van der Waals surface area (Å²) in [4.78, 5) is 0. The largest absolute Gasteiger partial charge is 0.0984 e. The predicted molar refractivity (Wildman–Crippen MR) is 211 cm³/mol. The summed E-state index contributed by atoms with van der Waals surface area (Å²) >= 11 is 0. The third kappa shape index (κ3) is 6.97. The molecule has 0 heterocycles. The van der Waals surface area contributed by atoms with Crippen LogP contribution in [0.1, 0.15) is 68.7 Å². The molecule has 0 aliphatic heterocycles. The SMILES string of the molecule is C=Cc1c(/C=C\C)c(-c2ccc(C3=CCC(C(/C=C\CC)=C/C)C=C3)cc2)c2ccccc2c1-c1ccc(C#CC2=CCCC=C2)cc1. The van der Waals surface area contributed by atoms with E-state index < -0.39 is 0 Å². The van der Waals surface area contributed by atoms with E-state index in [1.807, 2.05) is 6.08 Å². The van der Waals surface area contributed by atoms with Crippen molar-refractivity contribution in [3.8, 4) is 34.1 Å². The van der Waals surface area contributed by atoms with Crippen molar-refractivity contribution in [2.75, 3.05) is 0 Å². The summed E-state index contributed by atoms with van der Waals surface area (Å²) in [5, 5.41) is 2.45. The Morgan fingerprint density at radius 3 is 2.06 bits per heavy atom. The van der Waals surface area contributed by atoms with Gasteiger partial charge in [-0.25, -0.2) is 0 Å². The molecule has 236 valence electrons. The van der Waals surface area contributed by atoms with Gasteiger partial charge in [-0.1, -0.05) is 159 Å². The first kappa shape index (κ1) is 32.6. The van der Waals surface area contributed by atoms with Crippen LogP contribution in [-0.4, -0.2) is 0 Å². The third-order valence-corrected chi connectivity index (χ3v) is 9.27. The van der Waals surface area contributed by atoms with Gasteiger partial charge >= 0.3 is 0 Å². The first-order chi connectivity index (χ1) is 23.6. The highest BCUT2D eigenvalue weighted by Gasteiger charge is 2.19. The summed E-state index contributed by atoms with van der Waals surface area (Å²) in [6, 6.07) is 26.6. The average Bonchev–Trinajstić information content (AvgIpc) is 3.15. The molecule has 0 nitrogen and oxygen atoms in total. The van der Waals surface area contributed by atoms with Gasteiger partial charge in [-0.3, -0.25) is 0 Å². The number of hydrogen-bond acceptors (Lipinski definition) is 0. The first-order valence-electron chi connectivity index (χ1n) is 17.3. The average molecular weight is 621 g/mol. The summed E-state index contributed by atoms with van der Waals surface area (Å²) in [6.45, 7) is 10.7. The Morgan fingerprint density at radius 1 is 0.792 bits per heavy atom. The Bertz CT molecular complexity index is 2090. The highest BCUT2D eigenvalue weighted by atomic mass is 14.2. The van der Waals surface area contributed by atoms with Gasteiger partial charge in [0.25, 0.3) is 0 Å². The molecule has 1 unspecified atom stereocenters. The third-order valence-electron chi connectivity index (χ3n) is 9.27. The molecule has 0 radical (unpaired) electrons. The standard InChI is InChI=1S/C48H44/c1-5-9-18-37(7-3)38-27-29-39(30-28-38)40-31-33-42(34-32-40)48-44(15-6-2)43(8-4)47(45-19-13-14-20-46(45)48)41-25-23-36(24-26-41)22-21-35-16-11-10-12-17-35/h6-9,11,13-20,23-27,29-34,38H,4-5,10,12,28H2,1-3H3/b15-6-,18-9-,37-7+. The molecule has 1 atom stereocenters. The van der Waals surface area contributed by atoms with E-state index in [2.05, 4.69) is 179 Å². The van der Waals surface area contributed by atoms with Crippen LogP contribution in [0.4, 0.5) is 0 Å². The molecule has 0 spiro atoms. The number of benzene rings is 4. The van der Waals surface area contributed by atoms with Crippen molar-refractivity contribution in [1.29, 1.82) is 0 Å². The molecule has 0 amide bonds. The molecule has 0 saturated carbocycles. The first-order valence-corrected chi connectivity index (χ1v) is 17.3. The molecule has 0 fully saturated rings. The lowest BCUT2D eigenvalue weighted by molar-refractivity contribution is 0.786. The predicted octanol–water partition coefficient (Wildman–Crippen LogP) is 13.3. The molecule has 0 N–H and O–H groups in total. The second kappa shape index (κ2) is 15.5. The molecular formula is C48H44. The normalized spacial score (nSPS) is 16.2. The van der Waals surface area contributed by atoms with Gasteiger partial charge in [0.1, 0.15) is 0 Å². The van der Waals surface area contributed by atoms with E-state index in [1.165, 1.54) is 49.7 Å². The fourth-order valence-electron chi connectivity index (χ4n) is 6.82. The minimum atomic E-state index is 0.437. The highest BCUT2D eigenvalue weighted by Crippen LogP contribution is 2.43. The van der Waals surface area contributed by atoms with Crippen molar-refractivity contribution in [2.24, 2.45) is 5.92 Å². The van der Waals surface area contributed by atoms with Gasteiger partial charge in [0.05, 0.1) is 0 Å². The van der Waals surface area contributed by atoms with Gasteiger partial charge < -0.3 is 0 Å². The van der Waals surface area contributed by atoms with E-state index in [0.717, 1.165) is 47.9 Å². The monoisotopic (exact) mass is 620 g/mol. The quantitative estimate of drug-likeness (QED) is 0.136. The molecule has 0 heteroatoms. The lowest BCUT2D eigenvalue weighted by Crippen LogP contribution is -2.02. The summed E-state index contributed by atoms with van der Waals surface area (Å²) in [5.41, 5.74) is 13.2. The minimum absolute atomic E-state index is 0.437. The molecule has 0 saturated heterocycles. The van der Waals surface area contributed by atoms with Crippen molar-refractivity contribution < 1.29 is 0 Å². The number of allylic oxidation sites excluding steroid dienone is 13. The zero-order valence-corrected chi connectivity index (χ0v) is 28.5. The van der Waals surface area contributed by atoms with Gasteiger partial charge in [-0.15, -0.1) is 0 Å². The molecule has 2 aliphatic carbocycles. The van der Waals surface area contributed by atoms with Gasteiger partial charge in [-0.2, -0.15) is 0 Å². The van der Waals surface area contributed by atoms with Crippen molar-refractivity contribution >= 4 is 28.5 Å². The van der Waals surface area contributed by atoms with Gasteiger partial charge in [0, 0.05) is 17.1 Å². The lowest BCUT2D eigenvalue weighted by Gasteiger charge is -2.21. The Kier molecular flexibility index (Phi) is 10.5. The fraction of sp³-hybridized carbons (Fsp3) is 0.167. The Morgan fingerprint density at radius 2 is 1.48 bits per heavy atom. The highest BCUT2D eigenvalue weighted by molar-refractivity contribution is 6.11. The zero-order valence-electron chi connectivity index (χ0n) is 28.5. The van der Waals surface area contributed by atoms with E-state index in [9.17, 15) is 0 Å². The van der Waals surface area contributed by atoms with Crippen molar-refractivity contribution in [1.82, 2.24) is 0 Å². The van der Waals surface area contributed by atoms with E-state index >= 15 is 0 Å². The van der Waals surface area contributed by atoms with Crippen molar-refractivity contribution in [2.45, 2.75) is 46.5 Å². The summed E-state index contributed by atoms with van der Waals surface area (Å²) in [6.07, 6.45) is 31.0. The molecule has 0 aromatic heterocycles. The van der Waals surface area contributed by atoms with Crippen LogP contribution in [0.15, 0.2) is 151 Å². The maximum Gasteiger partial charge on any atom is 0.0249 e. The number of rotatable bonds is 8. The smallest absolute Gasteiger partial charge is 0.0249 e. The molecule has 2 aliphatic rings. The Balaban J connectivity index is 1.37. The van der Waals surface area contributed by atoms with E-state index in [-0.39, 0.29) is 0 Å². The minimum Gasteiger partial charge on any atom is -0.0984 e. The van der Waals surface area contributed by atoms with Crippen LogP contribution < -0.4 is 0 Å². The van der Waals surface area contributed by atoms with E-state index in [0.29, 0.717) is 5.92 Å². The molecule has 0 bridgehead atoms. The van der Waals surface area contributed by atoms with Gasteiger partial charge in [-0.05, 0) is 113 Å². The molecule has 48 heavy (non-hydrogen) atoms. The van der Waals surface area contributed by atoms with Crippen LogP contribution in [0.5, 0.6) is 0 Å². The topological polar surface area (TPSA) is 0 Å². The Hall–Kier alpha value is -5.38.